The van der Waals surface area contributed by atoms with Crippen LogP contribution in [0, 0.1) is 0 Å². The first kappa shape index (κ1) is 6.95. The zero-order valence-electron chi connectivity index (χ0n) is 4.99. The van der Waals surface area contributed by atoms with Crippen LogP contribution in [0.5, 0.6) is 0 Å². The van der Waals surface area contributed by atoms with Gasteiger partial charge in [-0.1, -0.05) is 0 Å². The van der Waals surface area contributed by atoms with Gasteiger partial charge in [-0.15, -0.1) is 0 Å². The van der Waals surface area contributed by atoms with Crippen molar-refractivity contribution in [3.05, 3.63) is 0 Å². The summed E-state index contributed by atoms with van der Waals surface area (Å²) in [5.41, 5.74) is 0. The monoisotopic (exact) mass is 133 g/mol. The summed E-state index contributed by atoms with van der Waals surface area (Å²) >= 11 is 0. The molecule has 0 amide bonds. The molecule has 0 aromatic heterocycles. The molecular formula is C5H11NO3. The fraction of sp³-hybridized carbons (Fsp3) is 1.00. The van der Waals surface area contributed by atoms with Crippen molar-refractivity contribution in [2.75, 3.05) is 13.2 Å². The number of aliphatic hydroxyl groups is 3. The van der Waals surface area contributed by atoms with E-state index in [2.05, 4.69) is 5.32 Å². The van der Waals surface area contributed by atoms with E-state index in [1.165, 1.54) is 0 Å². The van der Waals surface area contributed by atoms with E-state index in [-0.39, 0.29) is 12.6 Å². The number of nitrogens with one attached hydrogen (secondary N) is 1. The molecule has 3 atom stereocenters. The average molecular weight is 133 g/mol. The molecule has 0 radical (unpaired) electrons. The zero-order valence-corrected chi connectivity index (χ0v) is 4.99. The van der Waals surface area contributed by atoms with Gasteiger partial charge in [0.1, 0.15) is 0 Å². The second-order valence-corrected chi connectivity index (χ2v) is 2.25. The molecule has 0 aromatic carbocycles. The molecule has 1 heterocycles. The van der Waals surface area contributed by atoms with Crippen molar-refractivity contribution in [2.24, 2.45) is 0 Å². The van der Waals surface area contributed by atoms with Crippen molar-refractivity contribution in [3.8, 4) is 0 Å². The Bertz CT molecular complexity index is 98.2. The van der Waals surface area contributed by atoms with Crippen molar-refractivity contribution in [1.82, 2.24) is 5.32 Å². The molecule has 0 aliphatic carbocycles. The molecule has 1 aliphatic heterocycles. The molecule has 0 saturated carbocycles. The number of hydrogen-bond acceptors (Lipinski definition) is 4. The zero-order chi connectivity index (χ0) is 6.85. The molecule has 1 rings (SSSR count). The van der Waals surface area contributed by atoms with Gasteiger partial charge in [-0.05, 0) is 0 Å². The van der Waals surface area contributed by atoms with Crippen LogP contribution in [0.3, 0.4) is 0 Å². The molecule has 0 aromatic rings. The van der Waals surface area contributed by atoms with Gasteiger partial charge in [-0.2, -0.15) is 0 Å². The quantitative estimate of drug-likeness (QED) is 0.341. The van der Waals surface area contributed by atoms with Gasteiger partial charge in [-0.25, -0.2) is 0 Å². The van der Waals surface area contributed by atoms with E-state index >= 15 is 0 Å². The highest BCUT2D eigenvalue weighted by molar-refractivity contribution is 4.92. The number of hydrogen-bond donors (Lipinski definition) is 4. The fourth-order valence-electron chi connectivity index (χ4n) is 0.865. The summed E-state index contributed by atoms with van der Waals surface area (Å²) in [4.78, 5) is 0. The van der Waals surface area contributed by atoms with Crippen LogP contribution in [-0.2, 0) is 0 Å². The van der Waals surface area contributed by atoms with Crippen LogP contribution >= 0.6 is 0 Å². The second kappa shape index (κ2) is 2.62. The van der Waals surface area contributed by atoms with Crippen LogP contribution in [-0.4, -0.2) is 46.7 Å². The highest BCUT2D eigenvalue weighted by atomic mass is 16.3. The van der Waals surface area contributed by atoms with Gasteiger partial charge >= 0.3 is 0 Å². The van der Waals surface area contributed by atoms with Crippen LogP contribution in [0.1, 0.15) is 0 Å². The summed E-state index contributed by atoms with van der Waals surface area (Å²) in [6.45, 7) is 0.219. The highest BCUT2D eigenvalue weighted by Crippen LogP contribution is 2.07. The summed E-state index contributed by atoms with van der Waals surface area (Å²) in [5, 5.41) is 28.9. The van der Waals surface area contributed by atoms with Crippen LogP contribution in [0.4, 0.5) is 0 Å². The summed E-state index contributed by atoms with van der Waals surface area (Å²) in [6, 6.07) is -0.324. The van der Waals surface area contributed by atoms with Gasteiger partial charge in [0, 0.05) is 6.54 Å². The van der Waals surface area contributed by atoms with Gasteiger partial charge in [0.25, 0.3) is 0 Å². The Morgan fingerprint density at radius 2 is 2.33 bits per heavy atom. The Morgan fingerprint density at radius 1 is 1.67 bits per heavy atom. The van der Waals surface area contributed by atoms with Crippen LogP contribution < -0.4 is 5.32 Å². The lowest BCUT2D eigenvalue weighted by Gasteiger charge is -2.36. The van der Waals surface area contributed by atoms with E-state index in [0.717, 1.165) is 0 Å². The minimum atomic E-state index is -0.825. The minimum absolute atomic E-state index is 0.297. The highest BCUT2D eigenvalue weighted by Gasteiger charge is 2.33. The van der Waals surface area contributed by atoms with E-state index in [1.807, 2.05) is 0 Å². The Morgan fingerprint density at radius 3 is 2.44 bits per heavy atom. The standard InChI is InChI=1S/C5H11NO3/c7-2-4(9)5-3(8)1-6-5/h3-9H,1-2H2/t3-,4+,5+/m1/s1. The van der Waals surface area contributed by atoms with Gasteiger partial charge in [0.05, 0.1) is 24.9 Å². The minimum Gasteiger partial charge on any atom is -0.394 e. The van der Waals surface area contributed by atoms with Crippen molar-refractivity contribution in [1.29, 1.82) is 0 Å². The number of aliphatic hydroxyl groups excluding tert-OH is 3. The van der Waals surface area contributed by atoms with E-state index < -0.39 is 12.2 Å². The predicted octanol–water partition coefficient (Wildman–Crippen LogP) is -2.33. The van der Waals surface area contributed by atoms with E-state index in [9.17, 15) is 0 Å². The van der Waals surface area contributed by atoms with Crippen molar-refractivity contribution < 1.29 is 15.3 Å². The van der Waals surface area contributed by atoms with Gasteiger partial charge in [-0.3, -0.25) is 0 Å². The second-order valence-electron chi connectivity index (χ2n) is 2.25. The topological polar surface area (TPSA) is 72.7 Å². The lowest BCUT2D eigenvalue weighted by atomic mass is 9.98. The van der Waals surface area contributed by atoms with Crippen molar-refractivity contribution in [2.45, 2.75) is 18.2 Å². The third kappa shape index (κ3) is 1.21. The van der Waals surface area contributed by atoms with Gasteiger partial charge in [0.2, 0.25) is 0 Å². The first-order valence-corrected chi connectivity index (χ1v) is 2.96. The maximum absolute atomic E-state index is 8.88. The lowest BCUT2D eigenvalue weighted by molar-refractivity contribution is -0.0345. The Labute approximate surface area is 53.1 Å². The summed E-state index contributed by atoms with van der Waals surface area (Å²) < 4.78 is 0. The first-order chi connectivity index (χ1) is 4.25. The van der Waals surface area contributed by atoms with Crippen LogP contribution in [0.2, 0.25) is 0 Å². The maximum Gasteiger partial charge on any atom is 0.0949 e. The van der Waals surface area contributed by atoms with Gasteiger partial charge in [0.15, 0.2) is 0 Å². The van der Waals surface area contributed by atoms with Crippen molar-refractivity contribution >= 4 is 0 Å². The molecule has 1 saturated heterocycles. The molecule has 1 aliphatic rings. The molecule has 9 heavy (non-hydrogen) atoms. The first-order valence-electron chi connectivity index (χ1n) is 2.96. The molecule has 0 bridgehead atoms. The molecule has 54 valence electrons. The lowest BCUT2D eigenvalue weighted by Crippen LogP contribution is -2.63. The van der Waals surface area contributed by atoms with E-state index in [4.69, 9.17) is 15.3 Å². The third-order valence-corrected chi connectivity index (χ3v) is 1.58. The summed E-state index contributed by atoms with van der Waals surface area (Å²) in [5.74, 6) is 0. The fourth-order valence-corrected chi connectivity index (χ4v) is 0.865. The molecule has 0 spiro atoms. The molecule has 4 heteroatoms. The normalized spacial score (nSPS) is 37.7. The number of β-amino-alcohol motifs (C(OH)–C–C–N with tert-alkyl or cyclic N) is 1. The number of rotatable bonds is 2. The maximum atomic E-state index is 8.88. The van der Waals surface area contributed by atoms with E-state index in [0.29, 0.717) is 6.54 Å². The Balaban J connectivity index is 2.25. The summed E-state index contributed by atoms with van der Waals surface area (Å²) in [7, 11) is 0. The van der Waals surface area contributed by atoms with Crippen LogP contribution in [0.25, 0.3) is 0 Å². The SMILES string of the molecule is OC[C@H](O)[C@H]1NC[C@H]1O. The average Bonchev–Trinajstić information content (AvgIpc) is 1.84. The Hall–Kier alpha value is -0.160. The molecule has 4 N–H and O–H groups in total. The molecule has 1 fully saturated rings. The van der Waals surface area contributed by atoms with Crippen LogP contribution in [0.15, 0.2) is 0 Å². The smallest absolute Gasteiger partial charge is 0.0949 e. The van der Waals surface area contributed by atoms with Crippen molar-refractivity contribution in [3.63, 3.8) is 0 Å². The van der Waals surface area contributed by atoms with E-state index in [1.54, 1.807) is 0 Å². The Kier molecular flexibility index (Phi) is 2.02. The largest absolute Gasteiger partial charge is 0.394 e. The molecular weight excluding hydrogens is 122 g/mol. The molecule has 0 unspecified atom stereocenters. The summed E-state index contributed by atoms with van der Waals surface area (Å²) in [6.07, 6.45) is -1.32. The molecule has 4 nitrogen and oxygen atoms in total. The predicted molar refractivity (Wildman–Crippen MR) is 30.9 cm³/mol. The van der Waals surface area contributed by atoms with Gasteiger partial charge < -0.3 is 20.6 Å². The third-order valence-electron chi connectivity index (χ3n) is 1.58.